The number of para-hydroxylation sites is 1. The lowest BCUT2D eigenvalue weighted by Crippen LogP contribution is -2.43. The number of carbonyl (C=O) groups is 1. The predicted molar refractivity (Wildman–Crippen MR) is 89.4 cm³/mol. The molecule has 25 heavy (non-hydrogen) atoms. The Kier molecular flexibility index (Phi) is 5.84. The lowest BCUT2D eigenvalue weighted by molar-refractivity contribution is -0.387. The Bertz CT molecular complexity index is 867. The molecule has 0 saturated carbocycles. The Morgan fingerprint density at radius 1 is 1.16 bits per heavy atom. The fourth-order valence-electron chi connectivity index (χ4n) is 2.25. The number of rotatable bonds is 7. The van der Waals surface area contributed by atoms with Gasteiger partial charge in [0.15, 0.2) is 4.90 Å². The van der Waals surface area contributed by atoms with Crippen molar-refractivity contribution in [2.45, 2.75) is 17.4 Å². The van der Waals surface area contributed by atoms with E-state index in [1.807, 2.05) is 0 Å². The Labute approximate surface area is 144 Å². The highest BCUT2D eigenvalue weighted by Gasteiger charge is 2.31. The third-order valence-corrected chi connectivity index (χ3v) is 4.94. The molecule has 0 fully saturated rings. The maximum atomic E-state index is 12.6. The second-order valence-electron chi connectivity index (χ2n) is 5.11. The molecule has 0 amide bonds. The molecule has 0 bridgehead atoms. The zero-order valence-electron chi connectivity index (χ0n) is 13.3. The summed E-state index contributed by atoms with van der Waals surface area (Å²) in [6.07, 6.45) is 0.0490. The second-order valence-corrected chi connectivity index (χ2v) is 6.79. The molecule has 2 aromatic rings. The molecule has 2 aromatic carbocycles. The average Bonchev–Trinajstić information content (AvgIpc) is 2.61. The van der Waals surface area contributed by atoms with Crippen molar-refractivity contribution in [2.75, 3.05) is 7.11 Å². The van der Waals surface area contributed by atoms with E-state index in [9.17, 15) is 23.3 Å². The normalized spacial score (nSPS) is 12.4. The van der Waals surface area contributed by atoms with Crippen LogP contribution < -0.4 is 4.72 Å². The van der Waals surface area contributed by atoms with Crippen LogP contribution in [0.3, 0.4) is 0 Å². The van der Waals surface area contributed by atoms with Gasteiger partial charge in [-0.05, 0) is 18.1 Å². The first-order chi connectivity index (χ1) is 11.8. The highest BCUT2D eigenvalue weighted by Crippen LogP contribution is 2.23. The van der Waals surface area contributed by atoms with Crippen molar-refractivity contribution < 1.29 is 22.9 Å². The van der Waals surface area contributed by atoms with Gasteiger partial charge in [-0.3, -0.25) is 14.9 Å². The van der Waals surface area contributed by atoms with Crippen molar-refractivity contribution >= 4 is 21.7 Å². The summed E-state index contributed by atoms with van der Waals surface area (Å²) in [7, 11) is -3.16. The lowest BCUT2D eigenvalue weighted by atomic mass is 10.1. The number of sulfonamides is 1. The standard InChI is InChI=1S/C16H16N2O6S/c1-24-16(19)13(11-12-7-3-2-4-8-12)17-25(22,23)15-10-6-5-9-14(15)18(20)21/h2-10,13,17H,11H2,1H3/t13-/m0/s1. The van der Waals surface area contributed by atoms with Gasteiger partial charge >= 0.3 is 5.97 Å². The van der Waals surface area contributed by atoms with Crippen molar-refractivity contribution in [1.82, 2.24) is 4.72 Å². The fourth-order valence-corrected chi connectivity index (χ4v) is 3.61. The Morgan fingerprint density at radius 2 is 1.76 bits per heavy atom. The largest absolute Gasteiger partial charge is 0.468 e. The number of nitrogens with zero attached hydrogens (tertiary/aromatic N) is 1. The Morgan fingerprint density at radius 3 is 2.36 bits per heavy atom. The van der Waals surface area contributed by atoms with Gasteiger partial charge in [-0.1, -0.05) is 42.5 Å². The molecule has 0 aliphatic heterocycles. The van der Waals surface area contributed by atoms with Gasteiger partial charge in [0.2, 0.25) is 10.0 Å². The van der Waals surface area contributed by atoms with E-state index >= 15 is 0 Å². The molecular weight excluding hydrogens is 348 g/mol. The summed E-state index contributed by atoms with van der Waals surface area (Å²) in [6.45, 7) is 0. The van der Waals surface area contributed by atoms with Crippen LogP contribution in [-0.2, 0) is 26.0 Å². The highest BCUT2D eigenvalue weighted by molar-refractivity contribution is 7.89. The van der Waals surface area contributed by atoms with Crippen LogP contribution in [0.2, 0.25) is 0 Å². The molecule has 0 unspecified atom stereocenters. The maximum Gasteiger partial charge on any atom is 0.324 e. The first-order valence-corrected chi connectivity index (χ1v) is 8.71. The van der Waals surface area contributed by atoms with Crippen LogP contribution in [0.15, 0.2) is 59.5 Å². The van der Waals surface area contributed by atoms with E-state index in [2.05, 4.69) is 9.46 Å². The molecular formula is C16H16N2O6S. The van der Waals surface area contributed by atoms with E-state index in [1.54, 1.807) is 30.3 Å². The summed E-state index contributed by atoms with van der Waals surface area (Å²) in [5.41, 5.74) is 0.140. The number of nitrogens with one attached hydrogen (secondary N) is 1. The molecule has 0 saturated heterocycles. The molecule has 9 heteroatoms. The third-order valence-electron chi connectivity index (χ3n) is 3.42. The minimum absolute atomic E-state index is 0.0490. The van der Waals surface area contributed by atoms with E-state index < -0.39 is 37.5 Å². The van der Waals surface area contributed by atoms with Crippen molar-refractivity contribution in [3.63, 3.8) is 0 Å². The van der Waals surface area contributed by atoms with Crippen molar-refractivity contribution in [3.8, 4) is 0 Å². The van der Waals surface area contributed by atoms with Gasteiger partial charge in [0.25, 0.3) is 5.69 Å². The summed E-state index contributed by atoms with van der Waals surface area (Å²) < 4.78 is 32.0. The van der Waals surface area contributed by atoms with Gasteiger partial charge in [0.05, 0.1) is 12.0 Å². The van der Waals surface area contributed by atoms with E-state index in [4.69, 9.17) is 0 Å². The Hall–Kier alpha value is -2.78. The monoisotopic (exact) mass is 364 g/mol. The number of esters is 1. The summed E-state index contributed by atoms with van der Waals surface area (Å²) in [6, 6.07) is 12.5. The number of ether oxygens (including phenoxy) is 1. The smallest absolute Gasteiger partial charge is 0.324 e. The number of nitro benzene ring substituents is 1. The fraction of sp³-hybridized carbons (Fsp3) is 0.188. The van der Waals surface area contributed by atoms with Crippen molar-refractivity contribution in [2.24, 2.45) is 0 Å². The molecule has 0 heterocycles. The van der Waals surface area contributed by atoms with Gasteiger partial charge in [-0.2, -0.15) is 4.72 Å². The topological polar surface area (TPSA) is 116 Å². The van der Waals surface area contributed by atoms with Gasteiger partial charge in [0, 0.05) is 6.07 Å². The number of nitro groups is 1. The molecule has 0 spiro atoms. The number of hydrogen-bond acceptors (Lipinski definition) is 6. The summed E-state index contributed by atoms with van der Waals surface area (Å²) >= 11 is 0. The second kappa shape index (κ2) is 7.86. The van der Waals surface area contributed by atoms with Crippen LogP contribution in [0.4, 0.5) is 5.69 Å². The molecule has 0 aliphatic carbocycles. The number of carbonyl (C=O) groups excluding carboxylic acids is 1. The summed E-state index contributed by atoms with van der Waals surface area (Å²) in [5.74, 6) is -0.786. The first-order valence-electron chi connectivity index (χ1n) is 7.22. The maximum absolute atomic E-state index is 12.6. The summed E-state index contributed by atoms with van der Waals surface area (Å²) in [4.78, 5) is 21.7. The van der Waals surface area contributed by atoms with E-state index in [0.29, 0.717) is 5.56 Å². The van der Waals surface area contributed by atoms with E-state index in [0.717, 1.165) is 19.2 Å². The average molecular weight is 364 g/mol. The van der Waals surface area contributed by atoms with Crippen LogP contribution in [0.25, 0.3) is 0 Å². The highest BCUT2D eigenvalue weighted by atomic mass is 32.2. The van der Waals surface area contributed by atoms with Crippen LogP contribution >= 0.6 is 0 Å². The van der Waals surface area contributed by atoms with E-state index in [-0.39, 0.29) is 6.42 Å². The molecule has 1 N–H and O–H groups in total. The zero-order valence-corrected chi connectivity index (χ0v) is 14.1. The first kappa shape index (κ1) is 18.6. The van der Waals surface area contributed by atoms with Crippen LogP contribution in [0, 0.1) is 10.1 Å². The number of methoxy groups -OCH3 is 1. The number of hydrogen-bond donors (Lipinski definition) is 1. The van der Waals surface area contributed by atoms with Gasteiger partial charge in [-0.25, -0.2) is 8.42 Å². The lowest BCUT2D eigenvalue weighted by Gasteiger charge is -2.16. The third kappa shape index (κ3) is 4.61. The molecule has 1 atom stereocenters. The minimum atomic E-state index is -4.30. The molecule has 0 radical (unpaired) electrons. The van der Waals surface area contributed by atoms with Gasteiger partial charge < -0.3 is 4.74 Å². The van der Waals surface area contributed by atoms with Crippen LogP contribution in [0.1, 0.15) is 5.56 Å². The predicted octanol–water partition coefficient (Wildman–Crippen LogP) is 1.66. The van der Waals surface area contributed by atoms with Crippen LogP contribution in [-0.4, -0.2) is 32.5 Å². The van der Waals surface area contributed by atoms with Gasteiger partial charge in [0.1, 0.15) is 6.04 Å². The minimum Gasteiger partial charge on any atom is -0.468 e. The molecule has 2 rings (SSSR count). The summed E-state index contributed by atoms with van der Waals surface area (Å²) in [5, 5.41) is 11.1. The van der Waals surface area contributed by atoms with Gasteiger partial charge in [-0.15, -0.1) is 0 Å². The van der Waals surface area contributed by atoms with Crippen LogP contribution in [0.5, 0.6) is 0 Å². The zero-order chi connectivity index (χ0) is 18.4. The molecule has 132 valence electrons. The van der Waals surface area contributed by atoms with E-state index in [1.165, 1.54) is 12.1 Å². The van der Waals surface area contributed by atoms with Crippen molar-refractivity contribution in [1.29, 1.82) is 0 Å². The Balaban J connectivity index is 2.34. The molecule has 0 aliphatic rings. The van der Waals surface area contributed by atoms with Crippen molar-refractivity contribution in [3.05, 3.63) is 70.3 Å². The number of benzene rings is 2. The quantitative estimate of drug-likeness (QED) is 0.454. The SMILES string of the molecule is COC(=O)[C@H](Cc1ccccc1)NS(=O)(=O)c1ccccc1[N+](=O)[O-]. The molecule has 0 aromatic heterocycles. The molecule has 8 nitrogen and oxygen atoms in total.